The molecule has 0 bridgehead atoms. The van der Waals surface area contributed by atoms with Gasteiger partial charge in [0.25, 0.3) is 5.91 Å². The maximum absolute atomic E-state index is 12.7. The summed E-state index contributed by atoms with van der Waals surface area (Å²) in [4.78, 5) is 37.1. The summed E-state index contributed by atoms with van der Waals surface area (Å²) < 4.78 is 11.8. The fraction of sp³-hybridized carbons (Fsp3) is 0.250. The Balaban J connectivity index is 1.52. The van der Waals surface area contributed by atoms with Crippen molar-refractivity contribution in [3.8, 4) is 11.1 Å². The summed E-state index contributed by atoms with van der Waals surface area (Å²) in [7, 11) is 1.58. The van der Waals surface area contributed by atoms with Crippen molar-refractivity contribution in [2.24, 2.45) is 0 Å². The van der Waals surface area contributed by atoms with Crippen molar-refractivity contribution >= 4 is 29.3 Å². The molecule has 0 saturated heterocycles. The van der Waals surface area contributed by atoms with Gasteiger partial charge in [0.05, 0.1) is 30.9 Å². The Morgan fingerprint density at radius 2 is 1.85 bits per heavy atom. The highest BCUT2D eigenvalue weighted by Crippen LogP contribution is 2.38. The van der Waals surface area contributed by atoms with Crippen molar-refractivity contribution in [2.75, 3.05) is 24.4 Å². The highest BCUT2D eigenvalue weighted by atomic mass is 16.5. The van der Waals surface area contributed by atoms with Gasteiger partial charge in [-0.1, -0.05) is 30.3 Å². The summed E-state index contributed by atoms with van der Waals surface area (Å²) in [5.74, 6) is -0.525. The summed E-state index contributed by atoms with van der Waals surface area (Å²) in [6, 6.07) is 15.2. The Labute approximate surface area is 190 Å². The quantitative estimate of drug-likeness (QED) is 0.511. The third kappa shape index (κ3) is 4.63. The van der Waals surface area contributed by atoms with Gasteiger partial charge in [0.1, 0.15) is 11.9 Å². The molecule has 170 valence electrons. The van der Waals surface area contributed by atoms with Gasteiger partial charge in [-0.25, -0.2) is 9.48 Å². The number of methoxy groups -OCH3 is 1. The molecule has 2 aromatic carbocycles. The van der Waals surface area contributed by atoms with Gasteiger partial charge in [-0.3, -0.25) is 9.59 Å². The summed E-state index contributed by atoms with van der Waals surface area (Å²) in [6.45, 7) is 2.29. The second-order valence-corrected chi connectivity index (χ2v) is 7.47. The van der Waals surface area contributed by atoms with Crippen LogP contribution < -0.4 is 10.6 Å². The summed E-state index contributed by atoms with van der Waals surface area (Å²) in [5, 5.41) is 10.2. The first kappa shape index (κ1) is 22.2. The van der Waals surface area contributed by atoms with Crippen LogP contribution in [-0.4, -0.2) is 41.3 Å². The first-order chi connectivity index (χ1) is 16.0. The maximum Gasteiger partial charge on any atom is 0.338 e. The summed E-state index contributed by atoms with van der Waals surface area (Å²) >= 11 is 0. The van der Waals surface area contributed by atoms with Crippen molar-refractivity contribution in [3.05, 3.63) is 65.9 Å². The molecule has 0 radical (unpaired) electrons. The van der Waals surface area contributed by atoms with E-state index in [0.717, 1.165) is 11.1 Å². The van der Waals surface area contributed by atoms with Crippen molar-refractivity contribution in [3.63, 3.8) is 0 Å². The molecule has 3 aromatic rings. The van der Waals surface area contributed by atoms with E-state index in [2.05, 4.69) is 15.7 Å². The van der Waals surface area contributed by atoms with Crippen LogP contribution in [0.3, 0.4) is 0 Å². The molecule has 4 rings (SSSR count). The van der Waals surface area contributed by atoms with Crippen LogP contribution in [0.15, 0.2) is 54.6 Å². The molecule has 9 nitrogen and oxygen atoms in total. The number of amides is 2. The zero-order valence-corrected chi connectivity index (χ0v) is 18.3. The Morgan fingerprint density at radius 3 is 2.52 bits per heavy atom. The van der Waals surface area contributed by atoms with Gasteiger partial charge in [0.2, 0.25) is 5.91 Å². The number of hydrogen-bond acceptors (Lipinski definition) is 6. The van der Waals surface area contributed by atoms with Crippen molar-refractivity contribution < 1.29 is 23.9 Å². The van der Waals surface area contributed by atoms with E-state index in [0.29, 0.717) is 22.8 Å². The molecule has 0 spiro atoms. The number of carbonyl (C=O) groups excluding carboxylic acids is 3. The number of fused-ring (bicyclic) bond motifs is 1. The zero-order chi connectivity index (χ0) is 23.4. The molecule has 1 aromatic heterocycles. The molecule has 2 amide bonds. The van der Waals surface area contributed by atoms with Crippen molar-refractivity contribution in [1.82, 2.24) is 9.78 Å². The number of anilines is 2. The lowest BCUT2D eigenvalue weighted by molar-refractivity contribution is -0.123. The number of aromatic nitrogens is 2. The number of hydrogen-bond donors (Lipinski definition) is 2. The Hall–Kier alpha value is -3.98. The Kier molecular flexibility index (Phi) is 6.50. The van der Waals surface area contributed by atoms with E-state index < -0.39 is 12.0 Å². The molecule has 33 heavy (non-hydrogen) atoms. The first-order valence-corrected chi connectivity index (χ1v) is 10.6. The minimum absolute atomic E-state index is 0.0964. The van der Waals surface area contributed by atoms with Crippen LogP contribution in [0, 0.1) is 0 Å². The van der Waals surface area contributed by atoms with Gasteiger partial charge < -0.3 is 20.1 Å². The predicted molar refractivity (Wildman–Crippen MR) is 122 cm³/mol. The third-order valence-corrected chi connectivity index (χ3v) is 5.22. The van der Waals surface area contributed by atoms with Crippen LogP contribution in [0.25, 0.3) is 11.1 Å². The molecule has 0 fully saturated rings. The van der Waals surface area contributed by atoms with Crippen LogP contribution in [-0.2, 0) is 25.7 Å². The molecule has 1 aliphatic rings. The van der Waals surface area contributed by atoms with E-state index >= 15 is 0 Å². The minimum Gasteiger partial charge on any atom is -0.462 e. The van der Waals surface area contributed by atoms with Crippen LogP contribution in [0.4, 0.5) is 11.5 Å². The van der Waals surface area contributed by atoms with Crippen LogP contribution in [0.2, 0.25) is 0 Å². The van der Waals surface area contributed by atoms with Crippen LogP contribution >= 0.6 is 0 Å². The predicted octanol–water partition coefficient (Wildman–Crippen LogP) is 3.40. The van der Waals surface area contributed by atoms with Crippen LogP contribution in [0.1, 0.15) is 35.4 Å². The van der Waals surface area contributed by atoms with E-state index in [-0.39, 0.29) is 31.4 Å². The lowest BCUT2D eigenvalue weighted by Gasteiger charge is -2.10. The van der Waals surface area contributed by atoms with Gasteiger partial charge in [-0.2, -0.15) is 5.10 Å². The molecular formula is C24H24N4O5. The molecular weight excluding hydrogens is 424 g/mol. The van der Waals surface area contributed by atoms with E-state index in [1.54, 1.807) is 43.0 Å². The number of nitrogens with zero attached hydrogens (tertiary/aromatic N) is 2. The lowest BCUT2D eigenvalue weighted by atomic mass is 10.1. The third-order valence-electron chi connectivity index (χ3n) is 5.22. The average Bonchev–Trinajstić information content (AvgIpc) is 3.30. The maximum atomic E-state index is 12.7. The highest BCUT2D eigenvalue weighted by Gasteiger charge is 2.37. The number of carbonyl (C=O) groups is 3. The zero-order valence-electron chi connectivity index (χ0n) is 18.3. The van der Waals surface area contributed by atoms with Crippen molar-refractivity contribution in [1.29, 1.82) is 0 Å². The standard InChI is InChI=1S/C24H24N4O5/c1-3-33-24(31)16-9-11-17(12-10-16)25-20(29)13-19-23(30)26-22-21(15-7-5-4-6-8-15)18(14-32-2)27-28(19)22/h4-12,19H,3,13-14H2,1-2H3,(H,25,29)(H,26,30). The number of benzene rings is 2. The normalized spacial score (nSPS) is 14.5. The lowest BCUT2D eigenvalue weighted by Crippen LogP contribution is -2.24. The van der Waals surface area contributed by atoms with Gasteiger partial charge in [0, 0.05) is 18.4 Å². The van der Waals surface area contributed by atoms with Gasteiger partial charge in [-0.15, -0.1) is 0 Å². The van der Waals surface area contributed by atoms with Crippen LogP contribution in [0.5, 0.6) is 0 Å². The monoisotopic (exact) mass is 448 g/mol. The fourth-order valence-electron chi connectivity index (χ4n) is 3.75. The van der Waals surface area contributed by atoms with E-state index in [9.17, 15) is 14.4 Å². The highest BCUT2D eigenvalue weighted by molar-refractivity contribution is 6.04. The molecule has 0 saturated carbocycles. The summed E-state index contributed by atoms with van der Waals surface area (Å²) in [6.07, 6.45) is -0.0964. The summed E-state index contributed by atoms with van der Waals surface area (Å²) in [5.41, 5.74) is 3.27. The second kappa shape index (κ2) is 9.66. The number of esters is 1. The Morgan fingerprint density at radius 1 is 1.12 bits per heavy atom. The molecule has 2 heterocycles. The second-order valence-electron chi connectivity index (χ2n) is 7.47. The molecule has 1 aliphatic heterocycles. The molecule has 9 heteroatoms. The van der Waals surface area contributed by atoms with E-state index in [4.69, 9.17) is 9.47 Å². The number of rotatable bonds is 8. The molecule has 2 N–H and O–H groups in total. The van der Waals surface area contributed by atoms with E-state index in [1.807, 2.05) is 30.3 Å². The van der Waals surface area contributed by atoms with Gasteiger partial charge in [-0.05, 0) is 36.8 Å². The largest absolute Gasteiger partial charge is 0.462 e. The Bertz CT molecular complexity index is 1170. The smallest absolute Gasteiger partial charge is 0.338 e. The molecule has 0 aliphatic carbocycles. The minimum atomic E-state index is -0.785. The molecule has 1 unspecified atom stereocenters. The van der Waals surface area contributed by atoms with E-state index in [1.165, 1.54) is 0 Å². The van der Waals surface area contributed by atoms with Gasteiger partial charge >= 0.3 is 5.97 Å². The topological polar surface area (TPSA) is 112 Å². The molecule has 1 atom stereocenters. The number of nitrogens with one attached hydrogen (secondary N) is 2. The SMILES string of the molecule is CCOC(=O)c1ccc(NC(=O)CC2C(=O)Nc3c(-c4ccccc4)c(COC)nn32)cc1. The van der Waals surface area contributed by atoms with Crippen molar-refractivity contribution in [2.45, 2.75) is 26.0 Å². The fourth-order valence-corrected chi connectivity index (χ4v) is 3.75. The average molecular weight is 448 g/mol. The number of ether oxygens (including phenoxy) is 2. The van der Waals surface area contributed by atoms with Gasteiger partial charge in [0.15, 0.2) is 0 Å². The first-order valence-electron chi connectivity index (χ1n) is 10.6.